The molecule has 1 heterocycles. The summed E-state index contributed by atoms with van der Waals surface area (Å²) >= 11 is 5.84. The predicted molar refractivity (Wildman–Crippen MR) is 89.9 cm³/mol. The van der Waals surface area contributed by atoms with Gasteiger partial charge in [-0.2, -0.15) is 0 Å². The van der Waals surface area contributed by atoms with Crippen molar-refractivity contribution in [3.8, 4) is 11.5 Å². The highest BCUT2D eigenvalue weighted by molar-refractivity contribution is 6.30. The first-order valence-electron chi connectivity index (χ1n) is 6.71. The Morgan fingerprint density at radius 2 is 1.55 bits per heavy atom. The van der Waals surface area contributed by atoms with E-state index < -0.39 is 0 Å². The number of rotatable bonds is 4. The van der Waals surface area contributed by atoms with Crippen LogP contribution < -0.4 is 15.8 Å². The number of hydrogen-bond donors (Lipinski definition) is 2. The van der Waals surface area contributed by atoms with Crippen molar-refractivity contribution in [2.45, 2.75) is 0 Å². The van der Waals surface area contributed by atoms with E-state index >= 15 is 0 Å². The van der Waals surface area contributed by atoms with Crippen LogP contribution in [-0.4, -0.2) is 4.98 Å². The van der Waals surface area contributed by atoms with E-state index in [0.717, 1.165) is 17.2 Å². The monoisotopic (exact) mass is 311 g/mol. The first-order valence-corrected chi connectivity index (χ1v) is 7.09. The fourth-order valence-corrected chi connectivity index (χ4v) is 2.03. The summed E-state index contributed by atoms with van der Waals surface area (Å²) < 4.78 is 5.74. The molecule has 22 heavy (non-hydrogen) atoms. The third-order valence-corrected chi connectivity index (χ3v) is 3.21. The van der Waals surface area contributed by atoms with Crippen molar-refractivity contribution in [2.75, 3.05) is 11.1 Å². The van der Waals surface area contributed by atoms with Gasteiger partial charge in [-0.05, 0) is 54.6 Å². The second-order valence-corrected chi connectivity index (χ2v) is 5.12. The van der Waals surface area contributed by atoms with E-state index in [9.17, 15) is 0 Å². The molecule has 2 aromatic carbocycles. The van der Waals surface area contributed by atoms with Gasteiger partial charge in [0, 0.05) is 28.7 Å². The van der Waals surface area contributed by atoms with Gasteiger partial charge in [0.15, 0.2) is 0 Å². The molecule has 0 aliphatic rings. The molecule has 3 aromatic rings. The Bertz CT molecular complexity index is 758. The third-order valence-electron chi connectivity index (χ3n) is 2.96. The minimum Gasteiger partial charge on any atom is -0.457 e. The smallest absolute Gasteiger partial charge is 0.132 e. The summed E-state index contributed by atoms with van der Waals surface area (Å²) in [6.07, 6.45) is 1.66. The lowest BCUT2D eigenvalue weighted by atomic mass is 10.3. The number of benzene rings is 2. The van der Waals surface area contributed by atoms with Crippen LogP contribution in [0.25, 0.3) is 0 Å². The van der Waals surface area contributed by atoms with E-state index in [0.29, 0.717) is 16.5 Å². The predicted octanol–water partition coefficient (Wildman–Crippen LogP) is 4.85. The topological polar surface area (TPSA) is 60.2 Å². The van der Waals surface area contributed by atoms with E-state index in [1.54, 1.807) is 30.5 Å². The van der Waals surface area contributed by atoms with Crippen LogP contribution in [0.3, 0.4) is 0 Å². The largest absolute Gasteiger partial charge is 0.457 e. The van der Waals surface area contributed by atoms with E-state index in [1.807, 2.05) is 36.4 Å². The van der Waals surface area contributed by atoms with Crippen LogP contribution in [0.2, 0.25) is 5.02 Å². The van der Waals surface area contributed by atoms with Gasteiger partial charge in [-0.3, -0.25) is 0 Å². The van der Waals surface area contributed by atoms with Gasteiger partial charge in [-0.25, -0.2) is 4.98 Å². The molecule has 0 aliphatic heterocycles. The van der Waals surface area contributed by atoms with Crippen molar-refractivity contribution in [1.82, 2.24) is 4.98 Å². The molecule has 0 spiro atoms. The lowest BCUT2D eigenvalue weighted by Gasteiger charge is -2.08. The molecule has 4 nitrogen and oxygen atoms in total. The fraction of sp³-hybridized carbons (Fsp3) is 0. The highest BCUT2D eigenvalue weighted by Gasteiger charge is 2.00. The van der Waals surface area contributed by atoms with Crippen molar-refractivity contribution >= 4 is 28.8 Å². The normalized spacial score (nSPS) is 10.2. The van der Waals surface area contributed by atoms with Gasteiger partial charge in [0.2, 0.25) is 0 Å². The Kier molecular flexibility index (Phi) is 4.12. The first-order chi connectivity index (χ1) is 10.7. The molecular weight excluding hydrogens is 298 g/mol. The number of aromatic nitrogens is 1. The van der Waals surface area contributed by atoms with Crippen molar-refractivity contribution in [2.24, 2.45) is 0 Å². The molecule has 0 amide bonds. The lowest BCUT2D eigenvalue weighted by molar-refractivity contribution is 0.483. The molecule has 0 saturated carbocycles. The molecule has 0 unspecified atom stereocenters. The number of ether oxygens (including phenoxy) is 1. The maximum atomic E-state index is 5.84. The SMILES string of the molecule is Nc1ccnc(Nc2ccc(Oc3ccc(Cl)cc3)cc2)c1. The molecule has 5 heteroatoms. The van der Waals surface area contributed by atoms with E-state index in [4.69, 9.17) is 22.1 Å². The Balaban J connectivity index is 1.68. The summed E-state index contributed by atoms with van der Waals surface area (Å²) in [6.45, 7) is 0. The average molecular weight is 312 g/mol. The van der Waals surface area contributed by atoms with Crippen LogP contribution in [0.4, 0.5) is 17.2 Å². The van der Waals surface area contributed by atoms with E-state index in [-0.39, 0.29) is 0 Å². The van der Waals surface area contributed by atoms with Crippen LogP contribution in [0.15, 0.2) is 66.9 Å². The van der Waals surface area contributed by atoms with Crippen LogP contribution >= 0.6 is 11.6 Å². The molecular formula is C17H14ClN3O. The molecule has 0 fully saturated rings. The maximum Gasteiger partial charge on any atom is 0.132 e. The number of nitrogens with zero attached hydrogens (tertiary/aromatic N) is 1. The van der Waals surface area contributed by atoms with Crippen molar-refractivity contribution in [3.05, 3.63) is 71.9 Å². The summed E-state index contributed by atoms with van der Waals surface area (Å²) in [5.41, 5.74) is 7.29. The highest BCUT2D eigenvalue weighted by Crippen LogP contribution is 2.25. The summed E-state index contributed by atoms with van der Waals surface area (Å²) in [5, 5.41) is 3.86. The average Bonchev–Trinajstić information content (AvgIpc) is 2.52. The molecule has 1 aromatic heterocycles. The summed E-state index contributed by atoms with van der Waals surface area (Å²) in [5.74, 6) is 2.18. The molecule has 0 saturated heterocycles. The van der Waals surface area contributed by atoms with Crippen molar-refractivity contribution in [1.29, 1.82) is 0 Å². The van der Waals surface area contributed by atoms with Crippen LogP contribution in [0.1, 0.15) is 0 Å². The van der Waals surface area contributed by atoms with Gasteiger partial charge in [0.05, 0.1) is 0 Å². The zero-order chi connectivity index (χ0) is 15.4. The lowest BCUT2D eigenvalue weighted by Crippen LogP contribution is -1.95. The van der Waals surface area contributed by atoms with Crippen LogP contribution in [-0.2, 0) is 0 Å². The van der Waals surface area contributed by atoms with E-state index in [1.165, 1.54) is 0 Å². The Labute approximate surface area is 133 Å². The number of nitrogen functional groups attached to an aromatic ring is 1. The highest BCUT2D eigenvalue weighted by atomic mass is 35.5. The molecule has 3 N–H and O–H groups in total. The number of hydrogen-bond acceptors (Lipinski definition) is 4. The number of nitrogens with one attached hydrogen (secondary N) is 1. The Morgan fingerprint density at radius 3 is 2.18 bits per heavy atom. The molecule has 0 aliphatic carbocycles. The minimum absolute atomic E-state index is 0.667. The van der Waals surface area contributed by atoms with Gasteiger partial charge in [0.25, 0.3) is 0 Å². The summed E-state index contributed by atoms with van der Waals surface area (Å²) in [7, 11) is 0. The van der Waals surface area contributed by atoms with Gasteiger partial charge in [0.1, 0.15) is 17.3 Å². The zero-order valence-corrected chi connectivity index (χ0v) is 12.4. The molecule has 0 bridgehead atoms. The molecule has 0 radical (unpaired) electrons. The van der Waals surface area contributed by atoms with Gasteiger partial charge in [-0.1, -0.05) is 11.6 Å². The van der Waals surface area contributed by atoms with Gasteiger partial charge >= 0.3 is 0 Å². The summed E-state index contributed by atoms with van der Waals surface area (Å²) in [4.78, 5) is 4.20. The fourth-order valence-electron chi connectivity index (χ4n) is 1.91. The van der Waals surface area contributed by atoms with E-state index in [2.05, 4.69) is 10.3 Å². The van der Waals surface area contributed by atoms with Gasteiger partial charge < -0.3 is 15.8 Å². The van der Waals surface area contributed by atoms with Crippen LogP contribution in [0.5, 0.6) is 11.5 Å². The molecule has 3 rings (SSSR count). The Hall–Kier alpha value is -2.72. The first kappa shape index (κ1) is 14.2. The second kappa shape index (κ2) is 6.37. The third kappa shape index (κ3) is 3.68. The number of anilines is 3. The van der Waals surface area contributed by atoms with Crippen molar-refractivity contribution < 1.29 is 4.74 Å². The zero-order valence-electron chi connectivity index (χ0n) is 11.7. The number of nitrogens with two attached hydrogens (primary N) is 1. The Morgan fingerprint density at radius 1 is 0.909 bits per heavy atom. The standard InChI is InChI=1S/C17H14ClN3O/c18-12-1-5-15(6-2-12)22-16-7-3-14(4-8-16)21-17-11-13(19)9-10-20-17/h1-11H,(H3,19,20,21). The van der Waals surface area contributed by atoms with Crippen molar-refractivity contribution in [3.63, 3.8) is 0 Å². The molecule has 0 atom stereocenters. The minimum atomic E-state index is 0.667. The maximum absolute atomic E-state index is 5.84. The van der Waals surface area contributed by atoms with Gasteiger partial charge in [-0.15, -0.1) is 0 Å². The number of halogens is 1. The summed E-state index contributed by atoms with van der Waals surface area (Å²) in [6, 6.07) is 18.3. The quantitative estimate of drug-likeness (QED) is 0.723. The van der Waals surface area contributed by atoms with Crippen LogP contribution in [0, 0.1) is 0 Å². The molecule has 110 valence electrons. The second-order valence-electron chi connectivity index (χ2n) is 4.68. The number of pyridine rings is 1.